The van der Waals surface area contributed by atoms with E-state index in [9.17, 15) is 19.5 Å². The zero-order valence-electron chi connectivity index (χ0n) is 22.9. The minimum atomic E-state index is -0.977. The first-order chi connectivity index (χ1) is 18.8. The molecule has 39 heavy (non-hydrogen) atoms. The van der Waals surface area contributed by atoms with Crippen LogP contribution in [0.5, 0.6) is 5.75 Å². The van der Waals surface area contributed by atoms with Gasteiger partial charge in [-0.1, -0.05) is 62.7 Å². The van der Waals surface area contributed by atoms with E-state index in [1.165, 1.54) is 0 Å². The van der Waals surface area contributed by atoms with Gasteiger partial charge in [0, 0.05) is 6.42 Å². The zero-order chi connectivity index (χ0) is 28.0. The molecule has 2 aliphatic rings. The molecule has 0 aromatic heterocycles. The van der Waals surface area contributed by atoms with E-state index in [1.54, 1.807) is 0 Å². The van der Waals surface area contributed by atoms with Crippen LogP contribution in [0.3, 0.4) is 0 Å². The summed E-state index contributed by atoms with van der Waals surface area (Å²) in [6, 6.07) is 14.5. The van der Waals surface area contributed by atoms with Crippen molar-refractivity contribution < 1.29 is 29.0 Å². The van der Waals surface area contributed by atoms with Crippen LogP contribution >= 0.6 is 0 Å². The van der Waals surface area contributed by atoms with E-state index < -0.39 is 30.1 Å². The molecular formula is C30H41N3O6. The molecule has 0 radical (unpaired) electrons. The molecule has 0 aliphatic carbocycles. The molecule has 0 unspecified atom stereocenters. The molecule has 0 saturated carbocycles. The van der Waals surface area contributed by atoms with Crippen molar-refractivity contribution in [3.05, 3.63) is 65.7 Å². The molecule has 2 heterocycles. The second-order valence-electron chi connectivity index (χ2n) is 10.4. The molecule has 212 valence electrons. The van der Waals surface area contributed by atoms with E-state index >= 15 is 0 Å². The molecule has 9 heteroatoms. The molecule has 0 spiro atoms. The van der Waals surface area contributed by atoms with Gasteiger partial charge in [0.25, 0.3) is 0 Å². The lowest BCUT2D eigenvalue weighted by atomic mass is 10.00. The van der Waals surface area contributed by atoms with Crippen LogP contribution in [0.2, 0.25) is 0 Å². The lowest BCUT2D eigenvalue weighted by Gasteiger charge is -2.26. The molecule has 4 N–H and O–H groups in total. The van der Waals surface area contributed by atoms with E-state index in [-0.39, 0.29) is 31.5 Å². The highest BCUT2D eigenvalue weighted by Gasteiger charge is 2.29. The Balaban J connectivity index is 1.79. The summed E-state index contributed by atoms with van der Waals surface area (Å²) in [5, 5.41) is 18.2. The molecule has 4 rings (SSSR count). The Morgan fingerprint density at radius 2 is 1.77 bits per heavy atom. The van der Waals surface area contributed by atoms with Crippen molar-refractivity contribution in [2.45, 2.75) is 77.1 Å². The van der Waals surface area contributed by atoms with Crippen molar-refractivity contribution in [3.63, 3.8) is 0 Å². The first-order valence-corrected chi connectivity index (χ1v) is 13.7. The summed E-state index contributed by atoms with van der Waals surface area (Å²) in [4.78, 5) is 39.3. The maximum Gasteiger partial charge on any atom is 0.408 e. The predicted octanol–water partition coefficient (Wildman–Crippen LogP) is 3.48. The van der Waals surface area contributed by atoms with Crippen molar-refractivity contribution in [1.29, 1.82) is 0 Å². The lowest BCUT2D eigenvalue weighted by molar-refractivity contribution is -0.131. The third-order valence-corrected chi connectivity index (χ3v) is 6.56. The maximum absolute atomic E-state index is 13.5. The normalized spacial score (nSPS) is 21.2. The Bertz CT molecular complexity index is 1040. The summed E-state index contributed by atoms with van der Waals surface area (Å²) in [6.07, 6.45) is 3.09. The van der Waals surface area contributed by atoms with Crippen LogP contribution < -0.4 is 20.7 Å². The highest BCUT2D eigenvalue weighted by molar-refractivity contribution is 5.91. The van der Waals surface area contributed by atoms with Crippen LogP contribution in [0.4, 0.5) is 4.79 Å². The van der Waals surface area contributed by atoms with Gasteiger partial charge in [-0.3, -0.25) is 9.59 Å². The Morgan fingerprint density at radius 3 is 2.46 bits per heavy atom. The number of carbonyl (C=O) groups is 3. The third-order valence-electron chi connectivity index (χ3n) is 6.56. The molecule has 0 fully saturated rings. The van der Waals surface area contributed by atoms with Crippen LogP contribution in [0.15, 0.2) is 54.6 Å². The number of hydrogen-bond acceptors (Lipinski definition) is 6. The Hall–Kier alpha value is -3.59. The van der Waals surface area contributed by atoms with Gasteiger partial charge in [-0.25, -0.2) is 4.79 Å². The first-order valence-electron chi connectivity index (χ1n) is 13.7. The topological polar surface area (TPSA) is 126 Å². The number of nitrogens with one attached hydrogen (secondary N) is 3. The van der Waals surface area contributed by atoms with Crippen LogP contribution in [-0.4, -0.2) is 54.4 Å². The second-order valence-corrected chi connectivity index (χ2v) is 10.4. The molecule has 9 nitrogen and oxygen atoms in total. The van der Waals surface area contributed by atoms with E-state index in [0.717, 1.165) is 36.1 Å². The highest BCUT2D eigenvalue weighted by Crippen LogP contribution is 2.16. The number of carbonyl (C=O) groups excluding carboxylic acids is 3. The fourth-order valence-electron chi connectivity index (χ4n) is 4.42. The number of hydrogen-bond donors (Lipinski definition) is 4. The number of aliphatic hydroxyl groups excluding tert-OH is 1. The predicted molar refractivity (Wildman–Crippen MR) is 148 cm³/mol. The summed E-state index contributed by atoms with van der Waals surface area (Å²) < 4.78 is 11.2. The first kappa shape index (κ1) is 30.0. The van der Waals surface area contributed by atoms with Crippen LogP contribution in [0.1, 0.15) is 57.1 Å². The minimum Gasteiger partial charge on any atom is -0.494 e. The largest absolute Gasteiger partial charge is 0.494 e. The Labute approximate surface area is 230 Å². The lowest BCUT2D eigenvalue weighted by Crippen LogP contribution is -2.56. The van der Waals surface area contributed by atoms with Crippen LogP contribution in [-0.2, 0) is 27.4 Å². The van der Waals surface area contributed by atoms with Gasteiger partial charge in [0.05, 0.1) is 19.3 Å². The van der Waals surface area contributed by atoms with Gasteiger partial charge in [0.15, 0.2) is 0 Å². The summed E-state index contributed by atoms with van der Waals surface area (Å²) in [7, 11) is 0. The van der Waals surface area contributed by atoms with Crippen LogP contribution in [0.25, 0.3) is 0 Å². The fraction of sp³-hybridized carbons (Fsp3) is 0.500. The number of ether oxygens (including phenoxy) is 2. The molecule has 2 aliphatic heterocycles. The third kappa shape index (κ3) is 10.6. The molecule has 0 saturated heterocycles. The van der Waals surface area contributed by atoms with E-state index in [1.807, 2.05) is 68.4 Å². The summed E-state index contributed by atoms with van der Waals surface area (Å²) in [6.45, 7) is 4.37. The molecule has 2 aromatic carbocycles. The van der Waals surface area contributed by atoms with E-state index in [2.05, 4.69) is 16.0 Å². The van der Waals surface area contributed by atoms with Crippen molar-refractivity contribution in [3.8, 4) is 5.75 Å². The van der Waals surface area contributed by atoms with Gasteiger partial charge in [-0.2, -0.15) is 0 Å². The monoisotopic (exact) mass is 539 g/mol. The van der Waals surface area contributed by atoms with Gasteiger partial charge in [0.2, 0.25) is 11.8 Å². The SMILES string of the molecule is CC(C)C[C@@H]1NC(=O)[C@@H](NC(=O)OCc2ccccc2)Cc2ccc(cc2)OCCCCC[C@@H](CO)NC1=O. The van der Waals surface area contributed by atoms with Crippen LogP contribution in [0, 0.1) is 5.92 Å². The van der Waals surface area contributed by atoms with E-state index in [4.69, 9.17) is 9.47 Å². The van der Waals surface area contributed by atoms with Crippen molar-refractivity contribution in [1.82, 2.24) is 16.0 Å². The number of alkyl carbamates (subject to hydrolysis) is 1. The van der Waals surface area contributed by atoms with Gasteiger partial charge in [-0.05, 0) is 54.9 Å². The average Bonchev–Trinajstić information content (AvgIpc) is 2.93. The van der Waals surface area contributed by atoms with Crippen molar-refractivity contribution in [2.75, 3.05) is 13.2 Å². The number of rotatable bonds is 6. The van der Waals surface area contributed by atoms with Gasteiger partial charge >= 0.3 is 6.09 Å². The van der Waals surface area contributed by atoms with Gasteiger partial charge < -0.3 is 30.5 Å². The quantitative estimate of drug-likeness (QED) is 0.445. The molecule has 3 amide bonds. The van der Waals surface area contributed by atoms with Crippen molar-refractivity contribution in [2.24, 2.45) is 5.92 Å². The summed E-state index contributed by atoms with van der Waals surface area (Å²) in [5.41, 5.74) is 1.64. The van der Waals surface area contributed by atoms with Gasteiger partial charge in [0.1, 0.15) is 24.4 Å². The molecule has 2 bridgehead atoms. The number of fused-ring (bicyclic) bond motifs is 15. The number of benzene rings is 2. The van der Waals surface area contributed by atoms with E-state index in [0.29, 0.717) is 19.4 Å². The summed E-state index contributed by atoms with van der Waals surface area (Å²) >= 11 is 0. The Kier molecular flexibility index (Phi) is 12.1. The maximum atomic E-state index is 13.5. The minimum absolute atomic E-state index is 0.0635. The smallest absolute Gasteiger partial charge is 0.408 e. The molecular weight excluding hydrogens is 498 g/mol. The number of amides is 3. The Morgan fingerprint density at radius 1 is 1.03 bits per heavy atom. The second kappa shape index (κ2) is 15.7. The zero-order valence-corrected chi connectivity index (χ0v) is 22.9. The average molecular weight is 540 g/mol. The molecule has 2 aromatic rings. The summed E-state index contributed by atoms with van der Waals surface area (Å²) in [5.74, 6) is 0.0135. The highest BCUT2D eigenvalue weighted by atomic mass is 16.5. The standard InChI is InChI=1S/C30H41N3O6/c1-21(2)17-26-28(35)31-24(19-34)11-7-4-8-16-38-25-14-12-22(13-15-25)18-27(29(36)32-26)33-30(37)39-20-23-9-5-3-6-10-23/h3,5-6,9-10,12-15,21,24,26-27,34H,4,7-8,11,16-20H2,1-2H3,(H,31,35)(H,32,36)(H,33,37)/t24-,26-,27-/m0/s1. The van der Waals surface area contributed by atoms with Gasteiger partial charge in [-0.15, -0.1) is 0 Å². The molecule has 3 atom stereocenters. The fourth-order valence-corrected chi connectivity index (χ4v) is 4.42. The number of aliphatic hydroxyl groups is 1. The van der Waals surface area contributed by atoms with Crippen molar-refractivity contribution >= 4 is 17.9 Å².